The first kappa shape index (κ1) is 8.92. The van der Waals surface area contributed by atoms with Gasteiger partial charge in [-0.1, -0.05) is 9.95 Å². The van der Waals surface area contributed by atoms with Crippen LogP contribution in [0, 0.1) is 5.82 Å². The third-order valence-electron chi connectivity index (χ3n) is 0.992. The van der Waals surface area contributed by atoms with Gasteiger partial charge in [0.05, 0.1) is 0 Å². The highest BCUT2D eigenvalue weighted by molar-refractivity contribution is 7.81. The van der Waals surface area contributed by atoms with Gasteiger partial charge in [-0.15, -0.1) is 0 Å². The molecule has 6 heteroatoms. The van der Waals surface area contributed by atoms with E-state index < -0.39 is 22.1 Å². The summed E-state index contributed by atoms with van der Waals surface area (Å²) in [5.74, 6) is -1.09. The molecule has 0 aliphatic carbocycles. The van der Waals surface area contributed by atoms with Gasteiger partial charge in [0.15, 0.2) is 0 Å². The molecule has 0 aromatic heterocycles. The zero-order valence-corrected chi connectivity index (χ0v) is 6.51. The maximum absolute atomic E-state index is 12.3. The van der Waals surface area contributed by atoms with Crippen molar-refractivity contribution in [3.63, 3.8) is 0 Å². The Kier molecular flexibility index (Phi) is 2.27. The molecule has 0 radical (unpaired) electrons. The SMILES string of the molecule is O=S(=O)(F)Oc1cccc(F)c1. The largest absolute Gasteiger partial charge is 0.488 e. The summed E-state index contributed by atoms with van der Waals surface area (Å²) in [6, 6.07) is 4.17. The normalized spacial score (nSPS) is 11.2. The summed E-state index contributed by atoms with van der Waals surface area (Å²) in [5.41, 5.74) is 0. The van der Waals surface area contributed by atoms with Crippen molar-refractivity contribution in [3.05, 3.63) is 30.1 Å². The fraction of sp³-hybridized carbons (Fsp3) is 0. The topological polar surface area (TPSA) is 43.4 Å². The van der Waals surface area contributed by atoms with Crippen molar-refractivity contribution >= 4 is 10.5 Å². The van der Waals surface area contributed by atoms with E-state index >= 15 is 0 Å². The summed E-state index contributed by atoms with van der Waals surface area (Å²) in [7, 11) is -5.06. The molecule has 0 saturated heterocycles. The molecular formula is C6H4F2O3S. The maximum Gasteiger partial charge on any atom is 0.488 e. The summed E-state index contributed by atoms with van der Waals surface area (Å²) in [6.07, 6.45) is 0. The molecular weight excluding hydrogens is 190 g/mol. The second-order valence-corrected chi connectivity index (χ2v) is 2.89. The van der Waals surface area contributed by atoms with Crippen LogP contribution in [-0.4, -0.2) is 8.42 Å². The van der Waals surface area contributed by atoms with Crippen molar-refractivity contribution in [1.29, 1.82) is 0 Å². The average Bonchev–Trinajstić information content (AvgIpc) is 1.82. The van der Waals surface area contributed by atoms with Gasteiger partial charge in [-0.2, -0.15) is 8.42 Å². The first-order valence-corrected chi connectivity index (χ1v) is 4.18. The number of hydrogen-bond donors (Lipinski definition) is 0. The molecule has 1 aromatic rings. The van der Waals surface area contributed by atoms with Gasteiger partial charge in [-0.05, 0) is 12.1 Å². The highest BCUT2D eigenvalue weighted by Gasteiger charge is 2.09. The van der Waals surface area contributed by atoms with E-state index in [1.165, 1.54) is 6.07 Å². The minimum absolute atomic E-state index is 0.391. The van der Waals surface area contributed by atoms with Crippen molar-refractivity contribution in [2.75, 3.05) is 0 Å². The number of rotatable bonds is 2. The van der Waals surface area contributed by atoms with Gasteiger partial charge in [-0.25, -0.2) is 4.39 Å². The molecule has 0 saturated carbocycles. The highest BCUT2D eigenvalue weighted by Crippen LogP contribution is 2.14. The summed E-state index contributed by atoms with van der Waals surface area (Å²) >= 11 is 0. The van der Waals surface area contributed by atoms with E-state index in [9.17, 15) is 16.7 Å². The Morgan fingerprint density at radius 1 is 1.33 bits per heavy atom. The molecule has 0 N–H and O–H groups in total. The molecule has 1 aromatic carbocycles. The lowest BCUT2D eigenvalue weighted by Gasteiger charge is -1.97. The van der Waals surface area contributed by atoms with Crippen LogP contribution in [0.5, 0.6) is 5.75 Å². The minimum Gasteiger partial charge on any atom is -0.358 e. The quantitative estimate of drug-likeness (QED) is 0.668. The van der Waals surface area contributed by atoms with Crippen molar-refractivity contribution < 1.29 is 20.9 Å². The second-order valence-electron chi connectivity index (χ2n) is 1.93. The number of hydrogen-bond acceptors (Lipinski definition) is 3. The Hall–Kier alpha value is -1.17. The van der Waals surface area contributed by atoms with E-state index in [0.717, 1.165) is 18.2 Å². The van der Waals surface area contributed by atoms with Crippen molar-refractivity contribution in [2.45, 2.75) is 0 Å². The first-order valence-electron chi connectivity index (χ1n) is 2.87. The van der Waals surface area contributed by atoms with Crippen molar-refractivity contribution in [2.24, 2.45) is 0 Å². The molecule has 0 heterocycles. The lowest BCUT2D eigenvalue weighted by Crippen LogP contribution is -2.00. The van der Waals surface area contributed by atoms with Crippen molar-refractivity contribution in [3.8, 4) is 5.75 Å². The molecule has 0 unspecified atom stereocenters. The smallest absolute Gasteiger partial charge is 0.358 e. The highest BCUT2D eigenvalue weighted by atomic mass is 32.3. The van der Waals surface area contributed by atoms with E-state index in [-0.39, 0.29) is 0 Å². The van der Waals surface area contributed by atoms with E-state index in [1.807, 2.05) is 0 Å². The molecule has 12 heavy (non-hydrogen) atoms. The van der Waals surface area contributed by atoms with E-state index in [1.54, 1.807) is 0 Å². The molecule has 0 aliphatic heterocycles. The van der Waals surface area contributed by atoms with E-state index in [4.69, 9.17) is 0 Å². The molecule has 1 rings (SSSR count). The predicted molar refractivity (Wildman–Crippen MR) is 37.1 cm³/mol. The minimum atomic E-state index is -5.06. The Balaban J connectivity index is 2.91. The molecule has 0 bridgehead atoms. The molecule has 0 atom stereocenters. The Bertz CT molecular complexity index is 374. The zero-order chi connectivity index (χ0) is 9.19. The van der Waals surface area contributed by atoms with Gasteiger partial charge in [0.1, 0.15) is 11.6 Å². The summed E-state index contributed by atoms with van der Waals surface area (Å²) in [6.45, 7) is 0. The average molecular weight is 194 g/mol. The van der Waals surface area contributed by atoms with Crippen LogP contribution in [0.2, 0.25) is 0 Å². The van der Waals surface area contributed by atoms with Crippen LogP contribution in [0.15, 0.2) is 24.3 Å². The van der Waals surface area contributed by atoms with Crippen molar-refractivity contribution in [1.82, 2.24) is 0 Å². The Morgan fingerprint density at radius 3 is 2.50 bits per heavy atom. The standard InChI is InChI=1S/C6H4F2O3S/c7-5-2-1-3-6(4-5)11-12(8,9)10/h1-4H. The van der Waals surface area contributed by atoms with Crippen LogP contribution in [0.4, 0.5) is 8.28 Å². The Morgan fingerprint density at radius 2 is 2.00 bits per heavy atom. The van der Waals surface area contributed by atoms with Crippen LogP contribution in [0.3, 0.4) is 0 Å². The molecule has 0 fully saturated rings. The Labute approximate surface area is 68.0 Å². The third kappa shape index (κ3) is 2.83. The van der Waals surface area contributed by atoms with Crippen LogP contribution >= 0.6 is 0 Å². The number of benzene rings is 1. The fourth-order valence-corrected chi connectivity index (χ4v) is 0.967. The first-order chi connectivity index (χ1) is 5.47. The number of halogens is 2. The van der Waals surface area contributed by atoms with Gasteiger partial charge in [-0.3, -0.25) is 0 Å². The molecule has 66 valence electrons. The lowest BCUT2D eigenvalue weighted by atomic mass is 10.3. The lowest BCUT2D eigenvalue weighted by molar-refractivity contribution is 0.438. The van der Waals surface area contributed by atoms with Gasteiger partial charge >= 0.3 is 10.5 Å². The van der Waals surface area contributed by atoms with Gasteiger partial charge in [0, 0.05) is 6.07 Å². The summed E-state index contributed by atoms with van der Waals surface area (Å²) < 4.78 is 47.7. The van der Waals surface area contributed by atoms with Gasteiger partial charge in [0.25, 0.3) is 0 Å². The zero-order valence-electron chi connectivity index (χ0n) is 5.70. The third-order valence-corrected chi connectivity index (χ3v) is 1.38. The molecule has 0 aliphatic rings. The maximum atomic E-state index is 12.3. The second kappa shape index (κ2) is 3.06. The molecule has 0 amide bonds. The van der Waals surface area contributed by atoms with Gasteiger partial charge < -0.3 is 4.18 Å². The summed E-state index contributed by atoms with van der Waals surface area (Å²) in [5, 5.41) is 0. The van der Waals surface area contributed by atoms with Crippen LogP contribution < -0.4 is 4.18 Å². The van der Waals surface area contributed by atoms with Crippen LogP contribution in [0.1, 0.15) is 0 Å². The van der Waals surface area contributed by atoms with E-state index in [0.29, 0.717) is 0 Å². The van der Waals surface area contributed by atoms with Crippen LogP contribution in [0.25, 0.3) is 0 Å². The molecule has 0 spiro atoms. The summed E-state index contributed by atoms with van der Waals surface area (Å²) in [4.78, 5) is 0. The monoisotopic (exact) mass is 194 g/mol. The van der Waals surface area contributed by atoms with Crippen LogP contribution in [-0.2, 0) is 10.5 Å². The van der Waals surface area contributed by atoms with E-state index in [2.05, 4.69) is 4.18 Å². The van der Waals surface area contributed by atoms with Gasteiger partial charge in [0.2, 0.25) is 0 Å². The molecule has 3 nitrogen and oxygen atoms in total. The fourth-order valence-electron chi connectivity index (χ4n) is 0.634. The predicted octanol–water partition coefficient (Wildman–Crippen LogP) is 1.42.